The Hall–Kier alpha value is -1.42. The average Bonchev–Trinajstić information content (AvgIpc) is 2.71. The molecule has 5 heteroatoms. The molecule has 2 rings (SSSR count). The molecule has 0 radical (unpaired) electrons. The number of halogens is 1. The second-order valence-electron chi connectivity index (χ2n) is 3.71. The second-order valence-corrected chi connectivity index (χ2v) is 4.12. The normalized spacial score (nSPS) is 14.9. The molecule has 0 spiro atoms. The Kier molecular flexibility index (Phi) is 2.92. The fourth-order valence-corrected chi connectivity index (χ4v) is 1.80. The van der Waals surface area contributed by atoms with Gasteiger partial charge in [-0.3, -0.25) is 4.79 Å². The van der Waals surface area contributed by atoms with Crippen molar-refractivity contribution >= 4 is 17.6 Å². The van der Waals surface area contributed by atoms with Crippen molar-refractivity contribution in [1.82, 2.24) is 0 Å². The predicted molar refractivity (Wildman–Crippen MR) is 58.1 cm³/mol. The highest BCUT2D eigenvalue weighted by Gasteiger charge is 2.23. The molecule has 0 amide bonds. The summed E-state index contributed by atoms with van der Waals surface area (Å²) in [5.74, 6) is -0.213. The highest BCUT2D eigenvalue weighted by molar-refractivity contribution is 6.32. The number of carbonyl (C=O) groups is 1. The number of benzene rings is 1. The molecule has 1 aromatic carbocycles. The van der Waals surface area contributed by atoms with E-state index in [1.165, 1.54) is 0 Å². The molecule has 0 fully saturated rings. The van der Waals surface area contributed by atoms with Gasteiger partial charge in [0.15, 0.2) is 11.5 Å². The quantitative estimate of drug-likeness (QED) is 0.884. The Labute approximate surface area is 97.7 Å². The van der Waals surface area contributed by atoms with Crippen LogP contribution in [0.2, 0.25) is 5.02 Å². The van der Waals surface area contributed by atoms with Crippen molar-refractivity contribution < 1.29 is 19.4 Å². The summed E-state index contributed by atoms with van der Waals surface area (Å²) in [6, 6.07) is 3.47. The number of hydrogen-bond acceptors (Lipinski definition) is 3. The third-order valence-electron chi connectivity index (χ3n) is 2.50. The molecule has 1 aliphatic heterocycles. The zero-order valence-corrected chi connectivity index (χ0v) is 9.45. The number of carboxylic acids is 1. The van der Waals surface area contributed by atoms with Gasteiger partial charge in [0.05, 0.1) is 10.9 Å². The number of fused-ring (bicyclic) bond motifs is 1. The zero-order chi connectivity index (χ0) is 11.7. The number of rotatable bonds is 3. The van der Waals surface area contributed by atoms with Gasteiger partial charge in [-0.1, -0.05) is 24.6 Å². The third-order valence-corrected chi connectivity index (χ3v) is 2.80. The van der Waals surface area contributed by atoms with E-state index in [0.717, 1.165) is 5.56 Å². The van der Waals surface area contributed by atoms with E-state index in [9.17, 15) is 4.79 Å². The first-order valence-electron chi connectivity index (χ1n) is 4.89. The van der Waals surface area contributed by atoms with Crippen LogP contribution in [-0.2, 0) is 11.2 Å². The number of aliphatic carboxylic acids is 1. The first-order chi connectivity index (χ1) is 7.59. The molecule has 1 aromatic rings. The van der Waals surface area contributed by atoms with Crippen LogP contribution >= 0.6 is 11.6 Å². The van der Waals surface area contributed by atoms with Gasteiger partial charge in [-0.15, -0.1) is 0 Å². The highest BCUT2D eigenvalue weighted by Crippen LogP contribution is 2.42. The maximum Gasteiger partial charge on any atom is 0.306 e. The Morgan fingerprint density at radius 3 is 2.88 bits per heavy atom. The van der Waals surface area contributed by atoms with E-state index in [2.05, 4.69) is 0 Å². The van der Waals surface area contributed by atoms with Crippen molar-refractivity contribution in [2.45, 2.75) is 13.3 Å². The lowest BCUT2D eigenvalue weighted by atomic mass is 10.0. The van der Waals surface area contributed by atoms with Gasteiger partial charge in [0.25, 0.3) is 0 Å². The number of hydrogen-bond donors (Lipinski definition) is 1. The van der Waals surface area contributed by atoms with Gasteiger partial charge in [0, 0.05) is 0 Å². The Balaban J connectivity index is 2.29. The van der Waals surface area contributed by atoms with Crippen LogP contribution in [0.5, 0.6) is 11.5 Å². The summed E-state index contributed by atoms with van der Waals surface area (Å²) >= 11 is 5.92. The maximum absolute atomic E-state index is 10.8. The molecule has 0 saturated heterocycles. The van der Waals surface area contributed by atoms with Crippen molar-refractivity contribution in [1.29, 1.82) is 0 Å². The fraction of sp³-hybridized carbons (Fsp3) is 0.364. The van der Waals surface area contributed by atoms with Gasteiger partial charge in [-0.25, -0.2) is 0 Å². The average molecular weight is 243 g/mol. The van der Waals surface area contributed by atoms with Crippen LogP contribution < -0.4 is 9.47 Å². The molecule has 0 aliphatic carbocycles. The summed E-state index contributed by atoms with van der Waals surface area (Å²) in [6.45, 7) is 1.78. The lowest BCUT2D eigenvalue weighted by Gasteiger charge is -2.09. The highest BCUT2D eigenvalue weighted by atomic mass is 35.5. The van der Waals surface area contributed by atoms with E-state index in [0.29, 0.717) is 22.9 Å². The molecule has 1 heterocycles. The van der Waals surface area contributed by atoms with Crippen LogP contribution in [0.1, 0.15) is 12.5 Å². The van der Waals surface area contributed by atoms with Gasteiger partial charge in [-0.2, -0.15) is 0 Å². The smallest absolute Gasteiger partial charge is 0.306 e. The molecule has 4 nitrogen and oxygen atoms in total. The van der Waals surface area contributed by atoms with Crippen molar-refractivity contribution in [2.24, 2.45) is 5.92 Å². The van der Waals surface area contributed by atoms with E-state index in [1.54, 1.807) is 19.1 Å². The summed E-state index contributed by atoms with van der Waals surface area (Å²) in [7, 11) is 0. The van der Waals surface area contributed by atoms with E-state index < -0.39 is 11.9 Å². The van der Waals surface area contributed by atoms with Crippen LogP contribution in [0.3, 0.4) is 0 Å². The van der Waals surface area contributed by atoms with Gasteiger partial charge < -0.3 is 14.6 Å². The first-order valence-corrected chi connectivity index (χ1v) is 5.27. The minimum atomic E-state index is -0.831. The molecule has 1 unspecified atom stereocenters. The fourth-order valence-electron chi connectivity index (χ4n) is 1.60. The van der Waals surface area contributed by atoms with Crippen LogP contribution in [0.4, 0.5) is 0 Å². The molecule has 1 aliphatic rings. The van der Waals surface area contributed by atoms with Crippen molar-refractivity contribution in [3.63, 3.8) is 0 Å². The maximum atomic E-state index is 10.8. The summed E-state index contributed by atoms with van der Waals surface area (Å²) < 4.78 is 10.5. The van der Waals surface area contributed by atoms with Gasteiger partial charge in [-0.05, 0) is 18.1 Å². The van der Waals surface area contributed by atoms with Gasteiger partial charge in [0.1, 0.15) is 0 Å². The minimum absolute atomic E-state index is 0.132. The predicted octanol–water partition coefficient (Wildman–Crippen LogP) is 2.33. The monoisotopic (exact) mass is 242 g/mol. The topological polar surface area (TPSA) is 55.8 Å². The van der Waals surface area contributed by atoms with E-state index in [4.69, 9.17) is 26.2 Å². The van der Waals surface area contributed by atoms with E-state index >= 15 is 0 Å². The first kappa shape index (κ1) is 11.1. The van der Waals surface area contributed by atoms with Crippen molar-refractivity contribution in [2.75, 3.05) is 6.79 Å². The SMILES string of the molecule is CC(Cc1ccc(Cl)c2c1OCO2)C(=O)O. The second kappa shape index (κ2) is 4.22. The lowest BCUT2D eigenvalue weighted by molar-refractivity contribution is -0.141. The van der Waals surface area contributed by atoms with Crippen molar-refractivity contribution in [3.8, 4) is 11.5 Å². The van der Waals surface area contributed by atoms with Gasteiger partial charge in [0.2, 0.25) is 6.79 Å². The molecule has 86 valence electrons. The number of carboxylic acid groups (broad SMARTS) is 1. The summed E-state index contributed by atoms with van der Waals surface area (Å²) in [6.07, 6.45) is 0.401. The molecule has 0 aromatic heterocycles. The third kappa shape index (κ3) is 1.93. The molecular formula is C11H11ClO4. The molecule has 16 heavy (non-hydrogen) atoms. The molecular weight excluding hydrogens is 232 g/mol. The van der Waals surface area contributed by atoms with Crippen LogP contribution in [0.15, 0.2) is 12.1 Å². The lowest BCUT2D eigenvalue weighted by Crippen LogP contribution is -2.12. The number of ether oxygens (including phenoxy) is 2. The summed E-state index contributed by atoms with van der Waals surface area (Å²) in [5, 5.41) is 9.33. The molecule has 0 saturated carbocycles. The Bertz CT molecular complexity index is 430. The Morgan fingerprint density at radius 2 is 2.19 bits per heavy atom. The van der Waals surface area contributed by atoms with Gasteiger partial charge >= 0.3 is 5.97 Å². The van der Waals surface area contributed by atoms with Crippen LogP contribution in [0, 0.1) is 5.92 Å². The summed E-state index contributed by atoms with van der Waals surface area (Å²) in [4.78, 5) is 10.8. The molecule has 0 bridgehead atoms. The van der Waals surface area contributed by atoms with E-state index in [1.807, 2.05) is 0 Å². The van der Waals surface area contributed by atoms with Crippen LogP contribution in [-0.4, -0.2) is 17.9 Å². The van der Waals surface area contributed by atoms with Crippen LogP contribution in [0.25, 0.3) is 0 Å². The molecule has 1 N–H and O–H groups in total. The summed E-state index contributed by atoms with van der Waals surface area (Å²) in [5.41, 5.74) is 0.812. The van der Waals surface area contributed by atoms with Crippen molar-refractivity contribution in [3.05, 3.63) is 22.7 Å². The minimum Gasteiger partial charge on any atom is -0.481 e. The Morgan fingerprint density at radius 1 is 1.50 bits per heavy atom. The largest absolute Gasteiger partial charge is 0.481 e. The zero-order valence-electron chi connectivity index (χ0n) is 8.70. The standard InChI is InChI=1S/C11H11ClO4/c1-6(11(13)14)4-7-2-3-8(12)10-9(7)15-5-16-10/h2-3,6H,4-5H2,1H3,(H,13,14). The molecule has 1 atom stereocenters. The van der Waals surface area contributed by atoms with E-state index in [-0.39, 0.29) is 6.79 Å².